The molecule has 1 aromatic heterocycles. The van der Waals surface area contributed by atoms with Gasteiger partial charge in [-0.3, -0.25) is 0 Å². The van der Waals surface area contributed by atoms with Crippen molar-refractivity contribution in [3.63, 3.8) is 0 Å². The zero-order chi connectivity index (χ0) is 18.4. The lowest BCUT2D eigenvalue weighted by atomic mass is 9.95. The number of hydrogen-bond acceptors (Lipinski definition) is 4. The van der Waals surface area contributed by atoms with Crippen LogP contribution in [-0.2, 0) is 0 Å². The van der Waals surface area contributed by atoms with Gasteiger partial charge in [0.2, 0.25) is 0 Å². The number of urea groups is 1. The molecule has 1 unspecified atom stereocenters. The van der Waals surface area contributed by atoms with Crippen LogP contribution in [-0.4, -0.2) is 40.6 Å². The third-order valence-corrected chi connectivity index (χ3v) is 4.69. The summed E-state index contributed by atoms with van der Waals surface area (Å²) in [7, 11) is 0. The maximum atomic E-state index is 12.8. The number of anilines is 1. The molecule has 0 aliphatic carbocycles. The van der Waals surface area contributed by atoms with Crippen LogP contribution in [0, 0.1) is 0 Å². The van der Waals surface area contributed by atoms with E-state index in [9.17, 15) is 4.79 Å². The molecule has 0 bridgehead atoms. The number of benzene rings is 1. The first-order valence-electron chi connectivity index (χ1n) is 8.92. The van der Waals surface area contributed by atoms with Crippen LogP contribution in [0.2, 0.25) is 5.02 Å². The van der Waals surface area contributed by atoms with Gasteiger partial charge in [-0.1, -0.05) is 24.6 Å². The Morgan fingerprint density at radius 1 is 1.42 bits per heavy atom. The van der Waals surface area contributed by atoms with Gasteiger partial charge in [0, 0.05) is 30.9 Å². The predicted octanol–water partition coefficient (Wildman–Crippen LogP) is 4.33. The topological polar surface area (TPSA) is 67.3 Å². The second-order valence-corrected chi connectivity index (χ2v) is 6.72. The van der Waals surface area contributed by atoms with Gasteiger partial charge in [-0.25, -0.2) is 14.8 Å². The highest BCUT2D eigenvalue weighted by atomic mass is 35.5. The van der Waals surface area contributed by atoms with Crippen molar-refractivity contribution in [1.82, 2.24) is 14.9 Å². The van der Waals surface area contributed by atoms with E-state index in [-0.39, 0.29) is 11.9 Å². The molecule has 6 nitrogen and oxygen atoms in total. The highest BCUT2D eigenvalue weighted by Crippen LogP contribution is 2.33. The van der Waals surface area contributed by atoms with Gasteiger partial charge in [-0.2, -0.15) is 0 Å². The smallest absolute Gasteiger partial charge is 0.321 e. The molecule has 1 atom stereocenters. The molecule has 0 spiro atoms. The van der Waals surface area contributed by atoms with Crippen molar-refractivity contribution < 1.29 is 9.53 Å². The molecule has 0 radical (unpaired) electrons. The van der Waals surface area contributed by atoms with E-state index in [2.05, 4.69) is 15.3 Å². The van der Waals surface area contributed by atoms with Gasteiger partial charge in [0.25, 0.3) is 0 Å². The van der Waals surface area contributed by atoms with Gasteiger partial charge in [-0.15, -0.1) is 0 Å². The van der Waals surface area contributed by atoms with Crippen LogP contribution in [0.3, 0.4) is 0 Å². The van der Waals surface area contributed by atoms with Crippen molar-refractivity contribution in [1.29, 1.82) is 0 Å². The Bertz CT molecular complexity index is 742. The summed E-state index contributed by atoms with van der Waals surface area (Å²) in [6, 6.07) is 7.14. The number of hydrogen-bond donors (Lipinski definition) is 1. The summed E-state index contributed by atoms with van der Waals surface area (Å²) in [6.07, 6.45) is 6.12. The summed E-state index contributed by atoms with van der Waals surface area (Å²) in [5.74, 6) is 0.751. The Morgan fingerprint density at radius 3 is 3.08 bits per heavy atom. The van der Waals surface area contributed by atoms with Gasteiger partial charge in [0.05, 0.1) is 17.3 Å². The fourth-order valence-electron chi connectivity index (χ4n) is 3.10. The van der Waals surface area contributed by atoms with Gasteiger partial charge < -0.3 is 15.0 Å². The molecule has 1 saturated heterocycles. The number of rotatable bonds is 5. The lowest BCUT2D eigenvalue weighted by molar-refractivity contribution is 0.192. The molecule has 26 heavy (non-hydrogen) atoms. The zero-order valence-electron chi connectivity index (χ0n) is 14.8. The van der Waals surface area contributed by atoms with Crippen molar-refractivity contribution in [3.8, 4) is 5.75 Å². The summed E-state index contributed by atoms with van der Waals surface area (Å²) in [4.78, 5) is 22.9. The predicted molar refractivity (Wildman–Crippen MR) is 102 cm³/mol. The Hall–Kier alpha value is -2.34. The monoisotopic (exact) mass is 374 g/mol. The quantitative estimate of drug-likeness (QED) is 0.845. The number of aromatic nitrogens is 2. The number of amides is 2. The maximum Gasteiger partial charge on any atom is 0.321 e. The first-order valence-corrected chi connectivity index (χ1v) is 9.30. The summed E-state index contributed by atoms with van der Waals surface area (Å²) in [5, 5.41) is 3.44. The van der Waals surface area contributed by atoms with Crippen LogP contribution in [0.5, 0.6) is 5.75 Å². The minimum Gasteiger partial charge on any atom is -0.490 e. The molecule has 1 aliphatic rings. The zero-order valence-corrected chi connectivity index (χ0v) is 15.6. The molecule has 1 aromatic carbocycles. The number of nitrogens with one attached hydrogen (secondary N) is 1. The highest BCUT2D eigenvalue weighted by Gasteiger charge is 2.26. The molecule has 7 heteroatoms. The number of halogens is 1. The van der Waals surface area contributed by atoms with Gasteiger partial charge in [-0.05, 0) is 37.5 Å². The molecule has 1 fully saturated rings. The number of ether oxygens (including phenoxy) is 1. The first-order chi connectivity index (χ1) is 12.7. The fraction of sp³-hybridized carbons (Fsp3) is 0.421. The summed E-state index contributed by atoms with van der Waals surface area (Å²) in [6.45, 7) is 3.93. The molecule has 3 rings (SSSR count). The minimum atomic E-state index is -0.146. The largest absolute Gasteiger partial charge is 0.490 e. The number of likely N-dealkylation sites (tertiary alicyclic amines) is 1. The summed E-state index contributed by atoms with van der Waals surface area (Å²) >= 11 is 6.23. The van der Waals surface area contributed by atoms with Crippen molar-refractivity contribution in [2.24, 2.45) is 0 Å². The molecule has 138 valence electrons. The van der Waals surface area contributed by atoms with E-state index in [1.165, 1.54) is 0 Å². The first kappa shape index (κ1) is 18.5. The number of carbonyl (C=O) groups excluding carboxylic acids is 1. The maximum absolute atomic E-state index is 12.8. The summed E-state index contributed by atoms with van der Waals surface area (Å²) in [5.41, 5.74) is 1.58. The van der Waals surface area contributed by atoms with Crippen LogP contribution >= 0.6 is 11.6 Å². The number of para-hydroxylation sites is 1. The normalized spacial score (nSPS) is 17.0. The average Bonchev–Trinajstić information content (AvgIpc) is 2.68. The molecule has 2 aromatic rings. The Kier molecular flexibility index (Phi) is 6.28. The molecule has 1 N–H and O–H groups in total. The van der Waals surface area contributed by atoms with E-state index >= 15 is 0 Å². The third kappa shape index (κ3) is 4.43. The van der Waals surface area contributed by atoms with Crippen LogP contribution in [0.1, 0.15) is 37.8 Å². The second-order valence-electron chi connectivity index (χ2n) is 6.31. The SMILES string of the molecule is CCCOc1c(Cl)cccc1NC(=O)N1CCCC(c2ccncn2)C1. The highest BCUT2D eigenvalue weighted by molar-refractivity contribution is 6.32. The molecule has 1 aliphatic heterocycles. The van der Waals surface area contributed by atoms with Crippen molar-refractivity contribution in [3.05, 3.63) is 47.5 Å². The van der Waals surface area contributed by atoms with E-state index in [1.807, 2.05) is 17.9 Å². The van der Waals surface area contributed by atoms with Crippen LogP contribution in [0.4, 0.5) is 10.5 Å². The van der Waals surface area contributed by atoms with Gasteiger partial charge in [0.15, 0.2) is 5.75 Å². The molecule has 2 amide bonds. The molecular formula is C19H23ClN4O2. The van der Waals surface area contributed by atoms with E-state index in [1.54, 1.807) is 30.7 Å². The lowest BCUT2D eigenvalue weighted by Gasteiger charge is -2.32. The molecular weight excluding hydrogens is 352 g/mol. The average molecular weight is 375 g/mol. The molecule has 2 heterocycles. The number of nitrogens with zero attached hydrogens (tertiary/aromatic N) is 3. The Labute approximate surface area is 158 Å². The van der Waals surface area contributed by atoms with Crippen LogP contribution in [0.15, 0.2) is 36.8 Å². The fourth-order valence-corrected chi connectivity index (χ4v) is 3.33. The van der Waals surface area contributed by atoms with Crippen molar-refractivity contribution in [2.75, 3.05) is 25.0 Å². The standard InChI is InChI=1S/C19H23ClN4O2/c1-2-11-26-18-15(20)6-3-7-17(18)23-19(25)24-10-4-5-14(12-24)16-8-9-21-13-22-16/h3,6-9,13-14H,2,4-5,10-12H2,1H3,(H,23,25). The van der Waals surface area contributed by atoms with Crippen molar-refractivity contribution in [2.45, 2.75) is 32.1 Å². The summed E-state index contributed by atoms with van der Waals surface area (Å²) < 4.78 is 5.71. The van der Waals surface area contributed by atoms with Crippen molar-refractivity contribution >= 4 is 23.3 Å². The van der Waals surface area contributed by atoms with Crippen LogP contribution in [0.25, 0.3) is 0 Å². The Balaban J connectivity index is 1.69. The van der Waals surface area contributed by atoms with E-state index in [0.717, 1.165) is 31.5 Å². The minimum absolute atomic E-state index is 0.146. The van der Waals surface area contributed by atoms with E-state index in [4.69, 9.17) is 16.3 Å². The van der Waals surface area contributed by atoms with E-state index < -0.39 is 0 Å². The number of carbonyl (C=O) groups is 1. The lowest BCUT2D eigenvalue weighted by Crippen LogP contribution is -2.41. The van der Waals surface area contributed by atoms with Crippen LogP contribution < -0.4 is 10.1 Å². The number of piperidine rings is 1. The van der Waals surface area contributed by atoms with Gasteiger partial charge >= 0.3 is 6.03 Å². The third-order valence-electron chi connectivity index (χ3n) is 4.39. The second kappa shape index (κ2) is 8.85. The van der Waals surface area contributed by atoms with Gasteiger partial charge in [0.1, 0.15) is 6.33 Å². The van der Waals surface area contributed by atoms with E-state index in [0.29, 0.717) is 29.6 Å². The Morgan fingerprint density at radius 2 is 2.31 bits per heavy atom. The molecule has 0 saturated carbocycles.